The molecule has 0 aliphatic carbocycles. The normalized spacial score (nSPS) is 12.1. The zero-order valence-corrected chi connectivity index (χ0v) is 8.16. The van der Waals surface area contributed by atoms with Gasteiger partial charge in [-0.3, -0.25) is 0 Å². The van der Waals surface area contributed by atoms with Crippen LogP contribution in [0.15, 0.2) is 17.5 Å². The maximum absolute atomic E-state index is 2.21. The summed E-state index contributed by atoms with van der Waals surface area (Å²) in [4.78, 5) is 1.43. The van der Waals surface area contributed by atoms with Crippen molar-refractivity contribution in [2.75, 3.05) is 0 Å². The molecular weight excluding hydrogens is 152 g/mol. The SMILES string of the molecule is C/C=C(/CC)c1ccsc1C. The molecular formula is C10H14S. The van der Waals surface area contributed by atoms with Gasteiger partial charge in [0, 0.05) is 4.88 Å². The number of allylic oxidation sites excluding steroid dienone is 2. The molecule has 0 fully saturated rings. The van der Waals surface area contributed by atoms with Crippen molar-refractivity contribution >= 4 is 16.9 Å². The van der Waals surface area contributed by atoms with Gasteiger partial charge in [-0.25, -0.2) is 0 Å². The third-order valence-corrected chi connectivity index (χ3v) is 2.78. The highest BCUT2D eigenvalue weighted by molar-refractivity contribution is 7.10. The second-order valence-corrected chi connectivity index (χ2v) is 3.68. The molecule has 0 aliphatic rings. The maximum Gasteiger partial charge on any atom is 0.00892 e. The Morgan fingerprint density at radius 1 is 1.64 bits per heavy atom. The predicted octanol–water partition coefficient (Wildman–Crippen LogP) is 3.87. The van der Waals surface area contributed by atoms with Gasteiger partial charge in [-0.05, 0) is 42.9 Å². The van der Waals surface area contributed by atoms with Crippen molar-refractivity contribution in [2.45, 2.75) is 27.2 Å². The summed E-state index contributed by atoms with van der Waals surface area (Å²) in [5, 5.41) is 2.16. The molecule has 0 amide bonds. The van der Waals surface area contributed by atoms with Crippen LogP contribution in [0.25, 0.3) is 5.57 Å². The minimum atomic E-state index is 1.13. The van der Waals surface area contributed by atoms with E-state index in [1.807, 2.05) is 11.3 Å². The minimum Gasteiger partial charge on any atom is -0.149 e. The van der Waals surface area contributed by atoms with Gasteiger partial charge in [-0.2, -0.15) is 0 Å². The molecule has 0 saturated heterocycles. The largest absolute Gasteiger partial charge is 0.149 e. The van der Waals surface area contributed by atoms with E-state index in [9.17, 15) is 0 Å². The molecule has 0 bridgehead atoms. The van der Waals surface area contributed by atoms with Gasteiger partial charge in [-0.15, -0.1) is 11.3 Å². The third-order valence-electron chi connectivity index (χ3n) is 1.93. The van der Waals surface area contributed by atoms with Gasteiger partial charge in [0.2, 0.25) is 0 Å². The summed E-state index contributed by atoms with van der Waals surface area (Å²) in [6, 6.07) is 2.21. The lowest BCUT2D eigenvalue weighted by molar-refractivity contribution is 1.23. The predicted molar refractivity (Wildman–Crippen MR) is 53.0 cm³/mol. The Kier molecular flexibility index (Phi) is 2.89. The molecule has 0 N–H and O–H groups in total. The average Bonchev–Trinajstić information content (AvgIpc) is 2.40. The van der Waals surface area contributed by atoms with E-state index >= 15 is 0 Å². The van der Waals surface area contributed by atoms with Crippen LogP contribution in [0.4, 0.5) is 0 Å². The Balaban J connectivity index is 3.00. The molecule has 0 aliphatic heterocycles. The van der Waals surface area contributed by atoms with Crippen LogP contribution in [0.1, 0.15) is 30.7 Å². The van der Waals surface area contributed by atoms with Gasteiger partial charge in [-0.1, -0.05) is 13.0 Å². The second kappa shape index (κ2) is 3.72. The Labute approximate surface area is 72.6 Å². The van der Waals surface area contributed by atoms with E-state index in [0.29, 0.717) is 0 Å². The van der Waals surface area contributed by atoms with Crippen LogP contribution in [0.2, 0.25) is 0 Å². The zero-order chi connectivity index (χ0) is 8.27. The van der Waals surface area contributed by atoms with Gasteiger partial charge in [0.1, 0.15) is 0 Å². The van der Waals surface area contributed by atoms with Gasteiger partial charge in [0.15, 0.2) is 0 Å². The molecule has 60 valence electrons. The highest BCUT2D eigenvalue weighted by Crippen LogP contribution is 2.25. The van der Waals surface area contributed by atoms with Crippen molar-refractivity contribution in [1.29, 1.82) is 0 Å². The number of thiophene rings is 1. The fourth-order valence-corrected chi connectivity index (χ4v) is 2.00. The first-order chi connectivity index (χ1) is 5.29. The molecule has 11 heavy (non-hydrogen) atoms. The average molecular weight is 166 g/mol. The quantitative estimate of drug-likeness (QED) is 0.625. The lowest BCUT2D eigenvalue weighted by Gasteiger charge is -2.01. The summed E-state index contributed by atoms with van der Waals surface area (Å²) < 4.78 is 0. The molecule has 1 heterocycles. The molecule has 0 atom stereocenters. The Bertz CT molecular complexity index is 256. The topological polar surface area (TPSA) is 0 Å². The van der Waals surface area contributed by atoms with Crippen molar-refractivity contribution in [3.05, 3.63) is 28.0 Å². The Morgan fingerprint density at radius 3 is 2.73 bits per heavy atom. The molecule has 1 aromatic heterocycles. The summed E-state index contributed by atoms with van der Waals surface area (Å²) in [6.07, 6.45) is 3.34. The molecule has 0 aromatic carbocycles. The smallest absolute Gasteiger partial charge is 0.00892 e. The van der Waals surface area contributed by atoms with Gasteiger partial charge in [0.25, 0.3) is 0 Å². The van der Waals surface area contributed by atoms with Crippen molar-refractivity contribution in [2.24, 2.45) is 0 Å². The Hall–Kier alpha value is -0.560. The summed E-state index contributed by atoms with van der Waals surface area (Å²) in [7, 11) is 0. The highest BCUT2D eigenvalue weighted by Gasteiger charge is 2.01. The highest BCUT2D eigenvalue weighted by atomic mass is 32.1. The number of rotatable bonds is 2. The van der Waals surface area contributed by atoms with Crippen LogP contribution in [0.5, 0.6) is 0 Å². The number of hydrogen-bond donors (Lipinski definition) is 0. The van der Waals surface area contributed by atoms with Crippen LogP contribution in [0, 0.1) is 6.92 Å². The fourth-order valence-electron chi connectivity index (χ4n) is 1.27. The number of hydrogen-bond acceptors (Lipinski definition) is 1. The van der Waals surface area contributed by atoms with Crippen LogP contribution >= 0.6 is 11.3 Å². The van der Waals surface area contributed by atoms with E-state index < -0.39 is 0 Å². The summed E-state index contributed by atoms with van der Waals surface area (Å²) >= 11 is 1.82. The van der Waals surface area contributed by atoms with E-state index in [0.717, 1.165) is 6.42 Å². The van der Waals surface area contributed by atoms with Crippen LogP contribution in [-0.4, -0.2) is 0 Å². The summed E-state index contributed by atoms with van der Waals surface area (Å²) in [5.74, 6) is 0. The van der Waals surface area contributed by atoms with Crippen molar-refractivity contribution in [1.82, 2.24) is 0 Å². The van der Waals surface area contributed by atoms with E-state index in [4.69, 9.17) is 0 Å². The van der Waals surface area contributed by atoms with E-state index in [1.54, 1.807) is 0 Å². The van der Waals surface area contributed by atoms with E-state index in [-0.39, 0.29) is 0 Å². The number of aryl methyl sites for hydroxylation is 1. The fraction of sp³-hybridized carbons (Fsp3) is 0.400. The third kappa shape index (κ3) is 1.72. The zero-order valence-electron chi connectivity index (χ0n) is 7.35. The minimum absolute atomic E-state index is 1.13. The molecule has 1 aromatic rings. The Morgan fingerprint density at radius 2 is 2.36 bits per heavy atom. The van der Waals surface area contributed by atoms with E-state index in [2.05, 4.69) is 38.3 Å². The molecule has 0 saturated carbocycles. The van der Waals surface area contributed by atoms with Crippen LogP contribution in [0.3, 0.4) is 0 Å². The van der Waals surface area contributed by atoms with Crippen molar-refractivity contribution in [3.63, 3.8) is 0 Å². The van der Waals surface area contributed by atoms with E-state index in [1.165, 1.54) is 16.0 Å². The monoisotopic (exact) mass is 166 g/mol. The first-order valence-corrected chi connectivity index (χ1v) is 4.87. The van der Waals surface area contributed by atoms with Crippen molar-refractivity contribution in [3.8, 4) is 0 Å². The standard InChI is InChI=1S/C10H14S/c1-4-9(5-2)10-6-7-11-8(10)3/h4,6-7H,5H2,1-3H3/b9-4-. The van der Waals surface area contributed by atoms with Crippen LogP contribution < -0.4 is 0 Å². The van der Waals surface area contributed by atoms with Crippen LogP contribution in [-0.2, 0) is 0 Å². The summed E-state index contributed by atoms with van der Waals surface area (Å²) in [6.45, 7) is 6.49. The summed E-state index contributed by atoms with van der Waals surface area (Å²) in [5.41, 5.74) is 2.89. The molecule has 0 spiro atoms. The molecule has 1 rings (SSSR count). The maximum atomic E-state index is 2.21. The lowest BCUT2D eigenvalue weighted by Crippen LogP contribution is -1.80. The molecule has 0 nitrogen and oxygen atoms in total. The second-order valence-electron chi connectivity index (χ2n) is 2.56. The van der Waals surface area contributed by atoms with Gasteiger partial charge >= 0.3 is 0 Å². The molecule has 0 unspecified atom stereocenters. The van der Waals surface area contributed by atoms with Gasteiger partial charge in [0.05, 0.1) is 0 Å². The van der Waals surface area contributed by atoms with Crippen molar-refractivity contribution < 1.29 is 0 Å². The molecule has 0 radical (unpaired) electrons. The first-order valence-electron chi connectivity index (χ1n) is 3.99. The molecule has 1 heteroatoms. The van der Waals surface area contributed by atoms with Gasteiger partial charge < -0.3 is 0 Å². The lowest BCUT2D eigenvalue weighted by atomic mass is 10.1. The first kappa shape index (κ1) is 8.54.